The Morgan fingerprint density at radius 3 is 2.77 bits per heavy atom. The predicted octanol–water partition coefficient (Wildman–Crippen LogP) is 2.52. The first-order chi connectivity index (χ1) is 12.4. The molecule has 1 aliphatic heterocycles. The highest BCUT2D eigenvalue weighted by atomic mass is 79.9. The lowest BCUT2D eigenvalue weighted by atomic mass is 10.0. The number of fused-ring (bicyclic) bond motifs is 1. The van der Waals surface area contributed by atoms with Crippen LogP contribution in [-0.4, -0.2) is 27.4 Å². The first kappa shape index (κ1) is 18.9. The molecule has 2 N–H and O–H groups in total. The van der Waals surface area contributed by atoms with Gasteiger partial charge in [-0.05, 0) is 55.2 Å². The molecule has 26 heavy (non-hydrogen) atoms. The number of anilines is 1. The summed E-state index contributed by atoms with van der Waals surface area (Å²) >= 11 is 3.34. The van der Waals surface area contributed by atoms with Crippen LogP contribution in [0.1, 0.15) is 17.5 Å². The zero-order valence-corrected chi connectivity index (χ0v) is 16.7. The minimum absolute atomic E-state index is 0.0961. The lowest BCUT2D eigenvalue weighted by Crippen LogP contribution is -2.47. The minimum Gasteiger partial charge on any atom is -0.362 e. The molecule has 0 spiro atoms. The SMILES string of the molecule is Cc1cc(S(=O)(=O)NNC(=O)CN2CCCc3ccccc32)ccc1Br. The fraction of sp³-hybridized carbons (Fsp3) is 0.278. The molecule has 6 nitrogen and oxygen atoms in total. The molecule has 0 aliphatic carbocycles. The van der Waals surface area contributed by atoms with Gasteiger partial charge in [-0.3, -0.25) is 10.2 Å². The molecular weight excluding hydrogens is 418 g/mol. The molecule has 0 atom stereocenters. The summed E-state index contributed by atoms with van der Waals surface area (Å²) in [4.78, 5) is 16.5. The summed E-state index contributed by atoms with van der Waals surface area (Å²) in [5.74, 6) is -0.404. The maximum atomic E-state index is 12.3. The molecule has 0 bridgehead atoms. The summed E-state index contributed by atoms with van der Waals surface area (Å²) in [6, 6.07) is 12.6. The summed E-state index contributed by atoms with van der Waals surface area (Å²) < 4.78 is 25.5. The Hall–Kier alpha value is -1.90. The Labute approximate surface area is 161 Å². The molecule has 138 valence electrons. The normalized spacial score (nSPS) is 14.0. The fourth-order valence-corrected chi connectivity index (χ4v) is 4.15. The van der Waals surface area contributed by atoms with E-state index in [4.69, 9.17) is 0 Å². The van der Waals surface area contributed by atoms with E-state index in [1.807, 2.05) is 23.1 Å². The van der Waals surface area contributed by atoms with Crippen LogP contribution in [0.2, 0.25) is 0 Å². The number of hydrogen-bond acceptors (Lipinski definition) is 4. The van der Waals surface area contributed by atoms with Gasteiger partial charge in [-0.25, -0.2) is 8.42 Å². The molecule has 0 fully saturated rings. The smallest absolute Gasteiger partial charge is 0.257 e. The highest BCUT2D eigenvalue weighted by Gasteiger charge is 2.20. The third-order valence-corrected chi connectivity index (χ3v) is 6.44. The molecule has 3 rings (SSSR count). The van der Waals surface area contributed by atoms with Crippen molar-refractivity contribution in [2.75, 3.05) is 18.0 Å². The summed E-state index contributed by atoms with van der Waals surface area (Å²) in [5, 5.41) is 0. The quantitative estimate of drug-likeness (QED) is 0.704. The standard InChI is InChI=1S/C18H20BrN3O3S/c1-13-11-15(8-9-16(13)19)26(24,25)21-20-18(23)12-22-10-4-6-14-5-2-3-7-17(14)22/h2-3,5,7-9,11,21H,4,6,10,12H2,1H3,(H,20,23). The van der Waals surface area contributed by atoms with E-state index in [1.54, 1.807) is 19.1 Å². The van der Waals surface area contributed by atoms with Gasteiger partial charge in [-0.15, -0.1) is 4.83 Å². The number of hydrogen-bond donors (Lipinski definition) is 2. The zero-order valence-electron chi connectivity index (χ0n) is 14.3. The molecule has 2 aromatic rings. The van der Waals surface area contributed by atoms with Crippen LogP contribution in [0, 0.1) is 6.92 Å². The number of carbonyl (C=O) groups is 1. The average Bonchev–Trinajstić information content (AvgIpc) is 2.63. The summed E-state index contributed by atoms with van der Waals surface area (Å²) in [5.41, 5.74) is 5.33. The van der Waals surface area contributed by atoms with Crippen molar-refractivity contribution in [1.82, 2.24) is 10.3 Å². The van der Waals surface area contributed by atoms with Crippen LogP contribution < -0.4 is 15.2 Å². The van der Waals surface area contributed by atoms with Crippen LogP contribution in [0.25, 0.3) is 0 Å². The molecule has 0 aromatic heterocycles. The Balaban J connectivity index is 1.63. The van der Waals surface area contributed by atoms with Crippen LogP contribution in [0.4, 0.5) is 5.69 Å². The minimum atomic E-state index is -3.82. The maximum Gasteiger partial charge on any atom is 0.257 e. The number of hydrazine groups is 1. The van der Waals surface area contributed by atoms with Crippen molar-refractivity contribution in [3.63, 3.8) is 0 Å². The van der Waals surface area contributed by atoms with Crippen LogP contribution in [0.15, 0.2) is 51.8 Å². The van der Waals surface area contributed by atoms with Gasteiger partial charge >= 0.3 is 0 Å². The van der Waals surface area contributed by atoms with Gasteiger partial charge < -0.3 is 4.90 Å². The Bertz CT molecular complexity index is 931. The molecule has 2 aromatic carbocycles. The largest absolute Gasteiger partial charge is 0.362 e. The molecular formula is C18H20BrN3O3S. The third-order valence-electron chi connectivity index (χ3n) is 4.31. The summed E-state index contributed by atoms with van der Waals surface area (Å²) in [6.45, 7) is 2.66. The summed E-state index contributed by atoms with van der Waals surface area (Å²) in [7, 11) is -3.82. The van der Waals surface area contributed by atoms with Crippen molar-refractivity contribution in [1.29, 1.82) is 0 Å². The molecule has 0 unspecified atom stereocenters. The maximum absolute atomic E-state index is 12.3. The predicted molar refractivity (Wildman–Crippen MR) is 104 cm³/mol. The second kappa shape index (κ2) is 7.77. The van der Waals surface area contributed by atoms with E-state index in [9.17, 15) is 13.2 Å². The first-order valence-corrected chi connectivity index (χ1v) is 10.5. The molecule has 1 aliphatic rings. The van der Waals surface area contributed by atoms with Crippen LogP contribution in [-0.2, 0) is 21.2 Å². The lowest BCUT2D eigenvalue weighted by molar-refractivity contribution is -0.120. The van der Waals surface area contributed by atoms with Crippen LogP contribution in [0.3, 0.4) is 0 Å². The van der Waals surface area contributed by atoms with Gasteiger partial charge in [0.1, 0.15) is 0 Å². The van der Waals surface area contributed by atoms with E-state index < -0.39 is 15.9 Å². The van der Waals surface area contributed by atoms with Crippen molar-refractivity contribution in [2.24, 2.45) is 0 Å². The number of nitrogens with zero attached hydrogens (tertiary/aromatic N) is 1. The van der Waals surface area contributed by atoms with Gasteiger partial charge in [0.05, 0.1) is 11.4 Å². The topological polar surface area (TPSA) is 78.5 Å². The second-order valence-corrected chi connectivity index (χ2v) is 8.76. The van der Waals surface area contributed by atoms with Gasteiger partial charge in [0, 0.05) is 16.7 Å². The van der Waals surface area contributed by atoms with E-state index in [2.05, 4.69) is 32.3 Å². The first-order valence-electron chi connectivity index (χ1n) is 8.26. The van der Waals surface area contributed by atoms with Gasteiger partial charge in [-0.1, -0.05) is 34.1 Å². The lowest BCUT2D eigenvalue weighted by Gasteiger charge is -2.30. The molecule has 1 amide bonds. The number of carbonyl (C=O) groups excluding carboxylic acids is 1. The third kappa shape index (κ3) is 4.25. The van der Waals surface area contributed by atoms with E-state index in [0.29, 0.717) is 0 Å². The van der Waals surface area contributed by atoms with E-state index in [1.165, 1.54) is 11.6 Å². The molecule has 8 heteroatoms. The Morgan fingerprint density at radius 1 is 1.23 bits per heavy atom. The highest BCUT2D eigenvalue weighted by Crippen LogP contribution is 2.26. The van der Waals surface area contributed by atoms with Gasteiger partial charge in [0.15, 0.2) is 0 Å². The van der Waals surface area contributed by atoms with Gasteiger partial charge in [0.25, 0.3) is 15.9 Å². The van der Waals surface area contributed by atoms with Crippen LogP contribution in [0.5, 0.6) is 0 Å². The van der Waals surface area contributed by atoms with E-state index in [0.717, 1.165) is 35.1 Å². The fourth-order valence-electron chi connectivity index (χ4n) is 2.96. The van der Waals surface area contributed by atoms with Crippen molar-refractivity contribution in [3.8, 4) is 0 Å². The Kier molecular flexibility index (Phi) is 5.64. The van der Waals surface area contributed by atoms with Crippen molar-refractivity contribution in [3.05, 3.63) is 58.1 Å². The second-order valence-electron chi connectivity index (χ2n) is 6.22. The molecule has 0 saturated heterocycles. The van der Waals surface area contributed by atoms with Crippen molar-refractivity contribution in [2.45, 2.75) is 24.7 Å². The number of nitrogens with one attached hydrogen (secondary N) is 2. The van der Waals surface area contributed by atoms with E-state index in [-0.39, 0.29) is 11.4 Å². The molecule has 1 heterocycles. The molecule has 0 radical (unpaired) electrons. The van der Waals surface area contributed by atoms with Crippen molar-refractivity contribution < 1.29 is 13.2 Å². The Morgan fingerprint density at radius 2 is 2.00 bits per heavy atom. The number of halogens is 1. The number of amides is 1. The number of benzene rings is 2. The van der Waals surface area contributed by atoms with E-state index >= 15 is 0 Å². The monoisotopic (exact) mass is 437 g/mol. The number of para-hydroxylation sites is 1. The number of aryl methyl sites for hydroxylation is 2. The van der Waals surface area contributed by atoms with Gasteiger partial charge in [-0.2, -0.15) is 0 Å². The van der Waals surface area contributed by atoms with Gasteiger partial charge in [0.2, 0.25) is 0 Å². The van der Waals surface area contributed by atoms with Crippen molar-refractivity contribution >= 4 is 37.5 Å². The average molecular weight is 438 g/mol. The molecule has 0 saturated carbocycles. The van der Waals surface area contributed by atoms with Crippen LogP contribution >= 0.6 is 15.9 Å². The summed E-state index contributed by atoms with van der Waals surface area (Å²) in [6.07, 6.45) is 1.96. The zero-order chi connectivity index (χ0) is 18.7. The number of sulfonamides is 1. The highest BCUT2D eigenvalue weighted by molar-refractivity contribution is 9.10. The number of rotatable bonds is 5.